The van der Waals surface area contributed by atoms with Crippen molar-refractivity contribution in [2.45, 2.75) is 9.83 Å². The fraction of sp³-hybridized carbons (Fsp3) is 0.133. The van der Waals surface area contributed by atoms with E-state index >= 15 is 0 Å². The first-order valence-electron chi connectivity index (χ1n) is 6.16. The molecule has 2 aromatic carbocycles. The van der Waals surface area contributed by atoms with Crippen LogP contribution < -0.4 is 5.32 Å². The average Bonchev–Trinajstić information content (AvgIpc) is 2.45. The molecule has 0 bridgehead atoms. The van der Waals surface area contributed by atoms with Crippen molar-refractivity contribution < 1.29 is 9.18 Å². The molecule has 1 N–H and O–H groups in total. The van der Waals surface area contributed by atoms with Crippen LogP contribution in [0.25, 0.3) is 0 Å². The van der Waals surface area contributed by atoms with Gasteiger partial charge in [0.25, 0.3) is 5.91 Å². The van der Waals surface area contributed by atoms with Gasteiger partial charge in [-0.05, 0) is 42.0 Å². The molecule has 0 saturated heterocycles. The standard InChI is InChI=1S/C15H10Cl4FNO/c16-11-5-1-10(2-6-11)14(22)21-13(15(17,18)19)9-3-7-12(20)8-4-9/h1-8,13H,(H,21,22)/t13-/m0/s1. The Kier molecular flexibility index (Phi) is 5.56. The third-order valence-electron chi connectivity index (χ3n) is 2.91. The minimum atomic E-state index is -1.79. The van der Waals surface area contributed by atoms with Gasteiger partial charge in [-0.3, -0.25) is 4.79 Å². The molecular weight excluding hydrogens is 371 g/mol. The molecule has 0 spiro atoms. The Labute approximate surface area is 147 Å². The summed E-state index contributed by atoms with van der Waals surface area (Å²) in [5.74, 6) is -0.854. The lowest BCUT2D eigenvalue weighted by Gasteiger charge is -2.26. The first-order valence-corrected chi connectivity index (χ1v) is 7.67. The molecule has 2 rings (SSSR count). The number of nitrogens with one attached hydrogen (secondary N) is 1. The molecule has 0 saturated carbocycles. The van der Waals surface area contributed by atoms with Crippen LogP contribution in [-0.4, -0.2) is 9.70 Å². The number of hydrogen-bond acceptors (Lipinski definition) is 1. The largest absolute Gasteiger partial charge is 0.341 e. The Balaban J connectivity index is 2.25. The fourth-order valence-corrected chi connectivity index (χ4v) is 2.49. The van der Waals surface area contributed by atoms with Crippen molar-refractivity contribution in [1.29, 1.82) is 0 Å². The molecule has 0 aliphatic carbocycles. The number of hydrogen-bond donors (Lipinski definition) is 1. The Bertz CT molecular complexity index is 653. The topological polar surface area (TPSA) is 29.1 Å². The van der Waals surface area contributed by atoms with Gasteiger partial charge in [-0.2, -0.15) is 0 Å². The van der Waals surface area contributed by atoms with Gasteiger partial charge < -0.3 is 5.32 Å². The summed E-state index contributed by atoms with van der Waals surface area (Å²) in [4.78, 5) is 12.2. The van der Waals surface area contributed by atoms with E-state index in [2.05, 4.69) is 5.32 Å². The van der Waals surface area contributed by atoms with E-state index in [4.69, 9.17) is 46.4 Å². The van der Waals surface area contributed by atoms with Gasteiger partial charge in [-0.1, -0.05) is 58.5 Å². The van der Waals surface area contributed by atoms with Gasteiger partial charge in [0.05, 0.1) is 0 Å². The molecule has 0 radical (unpaired) electrons. The predicted molar refractivity (Wildman–Crippen MR) is 88.3 cm³/mol. The molecule has 0 aromatic heterocycles. The number of rotatable bonds is 3. The molecule has 1 amide bonds. The molecule has 22 heavy (non-hydrogen) atoms. The van der Waals surface area contributed by atoms with E-state index in [1.54, 1.807) is 24.3 Å². The molecular formula is C15H10Cl4FNO. The number of halogens is 5. The van der Waals surface area contributed by atoms with Crippen LogP contribution in [0.5, 0.6) is 0 Å². The highest BCUT2D eigenvalue weighted by molar-refractivity contribution is 6.68. The molecule has 0 aliphatic rings. The van der Waals surface area contributed by atoms with Crippen molar-refractivity contribution in [1.82, 2.24) is 5.32 Å². The second kappa shape index (κ2) is 7.05. The lowest BCUT2D eigenvalue weighted by molar-refractivity contribution is 0.0937. The van der Waals surface area contributed by atoms with Crippen LogP contribution in [0.4, 0.5) is 4.39 Å². The Morgan fingerprint density at radius 1 is 1.00 bits per heavy atom. The van der Waals surface area contributed by atoms with E-state index in [0.29, 0.717) is 16.1 Å². The molecule has 0 aliphatic heterocycles. The van der Waals surface area contributed by atoms with Gasteiger partial charge >= 0.3 is 0 Å². The molecule has 0 unspecified atom stereocenters. The third kappa shape index (κ3) is 4.50. The molecule has 2 aromatic rings. The zero-order chi connectivity index (χ0) is 16.3. The number of carbonyl (C=O) groups excluding carboxylic acids is 1. The highest BCUT2D eigenvalue weighted by Crippen LogP contribution is 2.40. The predicted octanol–water partition coefficient (Wildman–Crippen LogP) is 5.32. The zero-order valence-corrected chi connectivity index (χ0v) is 14.0. The van der Waals surface area contributed by atoms with Crippen LogP contribution in [0.2, 0.25) is 5.02 Å². The van der Waals surface area contributed by atoms with Gasteiger partial charge in [0.1, 0.15) is 11.9 Å². The smallest absolute Gasteiger partial charge is 0.251 e. The minimum absolute atomic E-state index is 0.366. The van der Waals surface area contributed by atoms with Gasteiger partial charge in [0.15, 0.2) is 0 Å². The van der Waals surface area contributed by atoms with Crippen LogP contribution in [-0.2, 0) is 0 Å². The number of carbonyl (C=O) groups is 1. The van der Waals surface area contributed by atoms with Gasteiger partial charge in [0.2, 0.25) is 3.79 Å². The summed E-state index contributed by atoms with van der Waals surface area (Å²) in [6, 6.07) is 10.7. The van der Waals surface area contributed by atoms with Crippen LogP contribution in [0.3, 0.4) is 0 Å². The Morgan fingerprint density at radius 2 is 1.55 bits per heavy atom. The Hall–Kier alpha value is -1.000. The maximum absolute atomic E-state index is 13.0. The number of benzene rings is 2. The van der Waals surface area contributed by atoms with Crippen molar-refractivity contribution in [3.63, 3.8) is 0 Å². The van der Waals surface area contributed by atoms with E-state index in [1.165, 1.54) is 24.3 Å². The summed E-state index contributed by atoms with van der Waals surface area (Å²) < 4.78 is 11.2. The highest BCUT2D eigenvalue weighted by atomic mass is 35.6. The van der Waals surface area contributed by atoms with Crippen LogP contribution >= 0.6 is 46.4 Å². The maximum Gasteiger partial charge on any atom is 0.251 e. The quantitative estimate of drug-likeness (QED) is 0.717. The van der Waals surface area contributed by atoms with Crippen molar-refractivity contribution >= 4 is 52.3 Å². The summed E-state index contributed by atoms with van der Waals surface area (Å²) in [6.07, 6.45) is 0. The molecule has 0 heterocycles. The summed E-state index contributed by atoms with van der Waals surface area (Å²) in [6.45, 7) is 0. The third-order valence-corrected chi connectivity index (χ3v) is 3.82. The van der Waals surface area contributed by atoms with E-state index in [-0.39, 0.29) is 0 Å². The van der Waals surface area contributed by atoms with E-state index < -0.39 is 21.6 Å². The van der Waals surface area contributed by atoms with Crippen LogP contribution in [0.1, 0.15) is 22.0 Å². The lowest BCUT2D eigenvalue weighted by Crippen LogP contribution is -2.36. The minimum Gasteiger partial charge on any atom is -0.341 e. The van der Waals surface area contributed by atoms with Crippen molar-refractivity contribution in [2.75, 3.05) is 0 Å². The van der Waals surface area contributed by atoms with Crippen LogP contribution in [0.15, 0.2) is 48.5 Å². The average molecular weight is 381 g/mol. The maximum atomic E-state index is 13.0. The number of alkyl halides is 3. The summed E-state index contributed by atoms with van der Waals surface area (Å²) >= 11 is 23.6. The number of amides is 1. The molecule has 1 atom stereocenters. The lowest BCUT2D eigenvalue weighted by atomic mass is 10.1. The van der Waals surface area contributed by atoms with Crippen molar-refractivity contribution in [3.8, 4) is 0 Å². The summed E-state index contributed by atoms with van der Waals surface area (Å²) in [7, 11) is 0. The van der Waals surface area contributed by atoms with Crippen molar-refractivity contribution in [3.05, 3.63) is 70.5 Å². The first kappa shape index (κ1) is 17.4. The van der Waals surface area contributed by atoms with Crippen LogP contribution in [0, 0.1) is 5.82 Å². The van der Waals surface area contributed by atoms with Gasteiger partial charge in [0, 0.05) is 10.6 Å². The second-order valence-corrected chi connectivity index (χ2v) is 7.31. The molecule has 7 heteroatoms. The summed E-state index contributed by atoms with van der Waals surface area (Å²) in [5.41, 5.74) is 0.842. The summed E-state index contributed by atoms with van der Waals surface area (Å²) in [5, 5.41) is 3.14. The van der Waals surface area contributed by atoms with E-state index in [1.807, 2.05) is 0 Å². The van der Waals surface area contributed by atoms with E-state index in [0.717, 1.165) is 0 Å². The Morgan fingerprint density at radius 3 is 2.05 bits per heavy atom. The second-order valence-electron chi connectivity index (χ2n) is 4.51. The normalized spacial score (nSPS) is 12.8. The van der Waals surface area contributed by atoms with Crippen molar-refractivity contribution in [2.24, 2.45) is 0 Å². The molecule has 2 nitrogen and oxygen atoms in total. The zero-order valence-electron chi connectivity index (χ0n) is 11.0. The molecule has 116 valence electrons. The van der Waals surface area contributed by atoms with Gasteiger partial charge in [-0.15, -0.1) is 0 Å². The van der Waals surface area contributed by atoms with Gasteiger partial charge in [-0.25, -0.2) is 4.39 Å². The first-order chi connectivity index (χ1) is 10.3. The monoisotopic (exact) mass is 379 g/mol. The van der Waals surface area contributed by atoms with E-state index in [9.17, 15) is 9.18 Å². The SMILES string of the molecule is O=C(N[C@@H](c1ccc(F)cc1)C(Cl)(Cl)Cl)c1ccc(Cl)cc1. The highest BCUT2D eigenvalue weighted by Gasteiger charge is 2.35. The molecule has 0 fully saturated rings. The fourth-order valence-electron chi connectivity index (χ4n) is 1.83.